The summed E-state index contributed by atoms with van der Waals surface area (Å²) in [4.78, 5) is 12.5. The van der Waals surface area contributed by atoms with E-state index >= 15 is 0 Å². The highest BCUT2D eigenvalue weighted by molar-refractivity contribution is 5.97. The molecule has 1 aliphatic carbocycles. The molecule has 0 unspecified atom stereocenters. The molecule has 1 aromatic rings. The Kier molecular flexibility index (Phi) is 4.33. The van der Waals surface area contributed by atoms with Crippen LogP contribution in [0.5, 0.6) is 0 Å². The van der Waals surface area contributed by atoms with E-state index in [-0.39, 0.29) is 12.5 Å². The average molecular weight is 276 g/mol. The van der Waals surface area contributed by atoms with Crippen molar-refractivity contribution < 1.29 is 9.90 Å². The second kappa shape index (κ2) is 5.83. The Bertz CT molecular complexity index is 491. The van der Waals surface area contributed by atoms with Crippen molar-refractivity contribution in [3.63, 3.8) is 0 Å². The van der Waals surface area contributed by atoms with Crippen LogP contribution < -0.4 is 11.1 Å². The number of hydrogen-bond acceptors (Lipinski definition) is 3. The number of rotatable bonds is 3. The van der Waals surface area contributed by atoms with Gasteiger partial charge in [-0.3, -0.25) is 4.79 Å². The van der Waals surface area contributed by atoms with Crippen LogP contribution in [-0.2, 0) is 0 Å². The predicted octanol–water partition coefficient (Wildman–Crippen LogP) is 2.25. The lowest BCUT2D eigenvalue weighted by Gasteiger charge is -2.38. The number of nitrogen functional groups attached to an aromatic ring is 1. The van der Waals surface area contributed by atoms with Crippen LogP contribution in [0.1, 0.15) is 48.5 Å². The lowest BCUT2D eigenvalue weighted by Crippen LogP contribution is -2.53. The van der Waals surface area contributed by atoms with Crippen molar-refractivity contribution in [3.05, 3.63) is 29.3 Å². The Morgan fingerprint density at radius 2 is 2.10 bits per heavy atom. The molecule has 0 radical (unpaired) electrons. The van der Waals surface area contributed by atoms with Crippen molar-refractivity contribution in [3.8, 4) is 0 Å². The first kappa shape index (κ1) is 14.9. The van der Waals surface area contributed by atoms with Crippen molar-refractivity contribution >= 4 is 11.6 Å². The minimum atomic E-state index is -0.472. The van der Waals surface area contributed by atoms with Gasteiger partial charge >= 0.3 is 0 Å². The Morgan fingerprint density at radius 1 is 1.45 bits per heavy atom. The van der Waals surface area contributed by atoms with E-state index in [1.807, 2.05) is 13.0 Å². The monoisotopic (exact) mass is 276 g/mol. The summed E-state index contributed by atoms with van der Waals surface area (Å²) in [5, 5.41) is 12.8. The summed E-state index contributed by atoms with van der Waals surface area (Å²) in [7, 11) is 0. The van der Waals surface area contributed by atoms with Gasteiger partial charge in [0.05, 0.1) is 12.1 Å². The maximum absolute atomic E-state index is 12.5. The fraction of sp³-hybridized carbons (Fsp3) is 0.562. The van der Waals surface area contributed by atoms with E-state index in [1.54, 1.807) is 12.1 Å². The molecular formula is C16H24N2O2. The van der Waals surface area contributed by atoms with E-state index in [0.717, 1.165) is 31.2 Å². The molecule has 1 amide bonds. The van der Waals surface area contributed by atoms with Crippen molar-refractivity contribution in [2.45, 2.75) is 45.1 Å². The molecule has 0 bridgehead atoms. The van der Waals surface area contributed by atoms with Gasteiger partial charge in [0.2, 0.25) is 0 Å². The Hall–Kier alpha value is -1.55. The van der Waals surface area contributed by atoms with Crippen LogP contribution in [0.3, 0.4) is 0 Å². The van der Waals surface area contributed by atoms with Crippen molar-refractivity contribution in [1.82, 2.24) is 5.32 Å². The van der Waals surface area contributed by atoms with Gasteiger partial charge in [0.25, 0.3) is 5.91 Å². The number of anilines is 1. The van der Waals surface area contributed by atoms with Gasteiger partial charge in [0.1, 0.15) is 0 Å². The van der Waals surface area contributed by atoms with E-state index in [4.69, 9.17) is 5.73 Å². The third-order valence-electron chi connectivity index (χ3n) is 4.42. The normalized spacial score (nSPS) is 26.2. The lowest BCUT2D eigenvalue weighted by atomic mass is 9.77. The summed E-state index contributed by atoms with van der Waals surface area (Å²) in [6.07, 6.45) is 3.74. The van der Waals surface area contributed by atoms with Crippen LogP contribution in [0.15, 0.2) is 18.2 Å². The Morgan fingerprint density at radius 3 is 2.70 bits per heavy atom. The topological polar surface area (TPSA) is 75.4 Å². The number of aliphatic hydroxyl groups is 1. The standard InChI is InChI=1S/C16H24N2O2/c1-11-5-7-16(10-19,8-6-11)18-15(20)14-9-13(17)4-3-12(14)2/h3-4,9,11,19H,5-8,10,17H2,1-2H3,(H,18,20). The SMILES string of the molecule is Cc1ccc(N)cc1C(=O)NC1(CO)CCC(C)CC1. The van der Waals surface area contributed by atoms with Gasteiger partial charge in [0, 0.05) is 11.3 Å². The summed E-state index contributed by atoms with van der Waals surface area (Å²) in [6, 6.07) is 5.33. The first-order chi connectivity index (χ1) is 9.46. The molecule has 4 N–H and O–H groups in total. The van der Waals surface area contributed by atoms with Crippen LogP contribution in [0, 0.1) is 12.8 Å². The van der Waals surface area contributed by atoms with Crippen LogP contribution in [0.4, 0.5) is 5.69 Å². The number of hydrogen-bond donors (Lipinski definition) is 3. The van der Waals surface area contributed by atoms with Crippen LogP contribution in [-0.4, -0.2) is 23.2 Å². The number of aryl methyl sites for hydroxylation is 1. The van der Waals surface area contributed by atoms with E-state index in [9.17, 15) is 9.90 Å². The highest BCUT2D eigenvalue weighted by Gasteiger charge is 2.35. The molecule has 4 nitrogen and oxygen atoms in total. The first-order valence-corrected chi connectivity index (χ1v) is 7.25. The van der Waals surface area contributed by atoms with Crippen molar-refractivity contribution in [2.24, 2.45) is 5.92 Å². The average Bonchev–Trinajstić information content (AvgIpc) is 2.44. The van der Waals surface area contributed by atoms with Crippen LogP contribution in [0.2, 0.25) is 0 Å². The molecule has 0 spiro atoms. The maximum Gasteiger partial charge on any atom is 0.252 e. The van der Waals surface area contributed by atoms with E-state index in [2.05, 4.69) is 12.2 Å². The molecule has 1 aromatic carbocycles. The zero-order valence-corrected chi connectivity index (χ0v) is 12.3. The van der Waals surface area contributed by atoms with Gasteiger partial charge in [-0.05, 0) is 56.2 Å². The van der Waals surface area contributed by atoms with Gasteiger partial charge in [-0.15, -0.1) is 0 Å². The molecule has 0 heterocycles. The summed E-state index contributed by atoms with van der Waals surface area (Å²) < 4.78 is 0. The molecule has 0 saturated heterocycles. The van der Waals surface area contributed by atoms with Crippen molar-refractivity contribution in [1.29, 1.82) is 0 Å². The fourth-order valence-corrected chi connectivity index (χ4v) is 2.83. The molecule has 1 fully saturated rings. The highest BCUT2D eigenvalue weighted by Crippen LogP contribution is 2.32. The van der Waals surface area contributed by atoms with Gasteiger partial charge in [0.15, 0.2) is 0 Å². The molecular weight excluding hydrogens is 252 g/mol. The maximum atomic E-state index is 12.5. The zero-order valence-electron chi connectivity index (χ0n) is 12.3. The molecule has 0 aliphatic heterocycles. The second-order valence-electron chi connectivity index (χ2n) is 6.15. The predicted molar refractivity (Wildman–Crippen MR) is 80.5 cm³/mol. The third kappa shape index (κ3) is 3.12. The van der Waals surface area contributed by atoms with Gasteiger partial charge in [-0.25, -0.2) is 0 Å². The minimum absolute atomic E-state index is 0.00712. The van der Waals surface area contributed by atoms with Crippen LogP contribution >= 0.6 is 0 Å². The largest absolute Gasteiger partial charge is 0.399 e. The number of carbonyl (C=O) groups excluding carboxylic acids is 1. The Balaban J connectivity index is 2.15. The summed E-state index contributed by atoms with van der Waals surface area (Å²) in [5.41, 5.74) is 7.35. The van der Waals surface area contributed by atoms with E-state index in [1.165, 1.54) is 0 Å². The highest BCUT2D eigenvalue weighted by atomic mass is 16.3. The first-order valence-electron chi connectivity index (χ1n) is 7.25. The molecule has 1 aliphatic rings. The molecule has 2 rings (SSSR count). The smallest absolute Gasteiger partial charge is 0.252 e. The van der Waals surface area contributed by atoms with Gasteiger partial charge in [-0.1, -0.05) is 13.0 Å². The number of nitrogens with two attached hydrogens (primary N) is 1. The molecule has 1 saturated carbocycles. The molecule has 0 aromatic heterocycles. The second-order valence-corrected chi connectivity index (χ2v) is 6.15. The van der Waals surface area contributed by atoms with Gasteiger partial charge < -0.3 is 16.2 Å². The number of benzene rings is 1. The zero-order chi connectivity index (χ0) is 14.8. The molecule has 0 atom stereocenters. The fourth-order valence-electron chi connectivity index (χ4n) is 2.83. The van der Waals surface area contributed by atoms with Crippen LogP contribution in [0.25, 0.3) is 0 Å². The summed E-state index contributed by atoms with van der Waals surface area (Å²) in [5.74, 6) is 0.527. The summed E-state index contributed by atoms with van der Waals surface area (Å²) in [6.45, 7) is 4.10. The number of carbonyl (C=O) groups is 1. The number of amides is 1. The number of nitrogens with one attached hydrogen (secondary N) is 1. The molecule has 110 valence electrons. The third-order valence-corrected chi connectivity index (χ3v) is 4.42. The summed E-state index contributed by atoms with van der Waals surface area (Å²) >= 11 is 0. The minimum Gasteiger partial charge on any atom is -0.399 e. The number of aliphatic hydroxyl groups excluding tert-OH is 1. The van der Waals surface area contributed by atoms with Crippen molar-refractivity contribution in [2.75, 3.05) is 12.3 Å². The Labute approximate surface area is 120 Å². The molecule has 20 heavy (non-hydrogen) atoms. The van der Waals surface area contributed by atoms with E-state index in [0.29, 0.717) is 17.2 Å². The van der Waals surface area contributed by atoms with E-state index < -0.39 is 5.54 Å². The van der Waals surface area contributed by atoms with Gasteiger partial charge in [-0.2, -0.15) is 0 Å². The quantitative estimate of drug-likeness (QED) is 0.741. The lowest BCUT2D eigenvalue weighted by molar-refractivity contribution is 0.0716. The molecule has 4 heteroatoms.